The average Bonchev–Trinajstić information content (AvgIpc) is 2.94. The minimum absolute atomic E-state index is 0.0300. The maximum Gasteiger partial charge on any atom is 0.273 e. The first-order valence-electron chi connectivity index (χ1n) is 6.42. The van der Waals surface area contributed by atoms with Gasteiger partial charge in [-0.3, -0.25) is 14.9 Å². The topological polar surface area (TPSA) is 98.7 Å². The van der Waals surface area contributed by atoms with Crippen molar-refractivity contribution in [3.05, 3.63) is 33.9 Å². The van der Waals surface area contributed by atoms with Gasteiger partial charge in [-0.25, -0.2) is 0 Å². The molecule has 1 unspecified atom stereocenters. The standard InChI is InChI=1S/C13H17N3O4/c1-20-12-7-9(16(18)19)4-5-11(12)13(17)15-6-2-3-10(15)8-14/h4-5,7,10H,2-3,6,8,14H2,1H3. The van der Waals surface area contributed by atoms with Gasteiger partial charge in [-0.15, -0.1) is 0 Å². The molecule has 1 amide bonds. The van der Waals surface area contributed by atoms with E-state index in [2.05, 4.69) is 0 Å². The fraction of sp³-hybridized carbons (Fsp3) is 0.462. The normalized spacial score (nSPS) is 18.1. The fourth-order valence-electron chi connectivity index (χ4n) is 2.47. The smallest absolute Gasteiger partial charge is 0.273 e. The predicted molar refractivity (Wildman–Crippen MR) is 72.8 cm³/mol. The first-order chi connectivity index (χ1) is 9.58. The van der Waals surface area contributed by atoms with Gasteiger partial charge in [0, 0.05) is 25.2 Å². The van der Waals surface area contributed by atoms with Gasteiger partial charge in [-0.1, -0.05) is 0 Å². The Morgan fingerprint density at radius 3 is 2.95 bits per heavy atom. The molecule has 0 radical (unpaired) electrons. The highest BCUT2D eigenvalue weighted by Gasteiger charge is 2.30. The zero-order valence-electron chi connectivity index (χ0n) is 11.2. The molecule has 1 aromatic carbocycles. The Labute approximate surface area is 116 Å². The Morgan fingerprint density at radius 1 is 1.60 bits per heavy atom. The Morgan fingerprint density at radius 2 is 2.35 bits per heavy atom. The molecule has 1 saturated heterocycles. The van der Waals surface area contributed by atoms with E-state index in [1.807, 2.05) is 0 Å². The third-order valence-corrected chi connectivity index (χ3v) is 3.54. The average molecular weight is 279 g/mol. The number of nitro groups is 1. The van der Waals surface area contributed by atoms with E-state index in [0.29, 0.717) is 18.7 Å². The van der Waals surface area contributed by atoms with Crippen molar-refractivity contribution in [1.29, 1.82) is 0 Å². The summed E-state index contributed by atoms with van der Waals surface area (Å²) in [5, 5.41) is 10.7. The van der Waals surface area contributed by atoms with Crippen LogP contribution in [0.15, 0.2) is 18.2 Å². The van der Waals surface area contributed by atoms with Crippen LogP contribution in [0, 0.1) is 10.1 Å². The van der Waals surface area contributed by atoms with Gasteiger partial charge >= 0.3 is 0 Å². The van der Waals surface area contributed by atoms with E-state index in [1.54, 1.807) is 4.90 Å². The van der Waals surface area contributed by atoms with Crippen LogP contribution in [0.1, 0.15) is 23.2 Å². The van der Waals surface area contributed by atoms with E-state index in [1.165, 1.54) is 25.3 Å². The third kappa shape index (κ3) is 2.57. The van der Waals surface area contributed by atoms with Gasteiger partial charge < -0.3 is 15.4 Å². The van der Waals surface area contributed by atoms with Crippen LogP contribution >= 0.6 is 0 Å². The number of nitro benzene ring substituents is 1. The Hall–Kier alpha value is -2.15. The van der Waals surface area contributed by atoms with Crippen molar-refractivity contribution in [2.24, 2.45) is 5.73 Å². The van der Waals surface area contributed by atoms with E-state index < -0.39 is 4.92 Å². The molecule has 0 aromatic heterocycles. The van der Waals surface area contributed by atoms with Crippen molar-refractivity contribution in [3.63, 3.8) is 0 Å². The highest BCUT2D eigenvalue weighted by molar-refractivity contribution is 5.97. The molecule has 20 heavy (non-hydrogen) atoms. The lowest BCUT2D eigenvalue weighted by Gasteiger charge is -2.24. The summed E-state index contributed by atoms with van der Waals surface area (Å²) >= 11 is 0. The first-order valence-corrected chi connectivity index (χ1v) is 6.42. The van der Waals surface area contributed by atoms with Gasteiger partial charge in [0.25, 0.3) is 11.6 Å². The van der Waals surface area contributed by atoms with Crippen LogP contribution in [0.25, 0.3) is 0 Å². The second-order valence-electron chi connectivity index (χ2n) is 4.67. The SMILES string of the molecule is COc1cc([N+](=O)[O-])ccc1C(=O)N1CCCC1CN. The summed E-state index contributed by atoms with van der Waals surface area (Å²) in [5.74, 6) is 0.0246. The molecule has 2 N–H and O–H groups in total. The van der Waals surface area contributed by atoms with Gasteiger partial charge in [-0.05, 0) is 18.9 Å². The fourth-order valence-corrected chi connectivity index (χ4v) is 2.47. The van der Waals surface area contributed by atoms with Crippen LogP contribution in [0.3, 0.4) is 0 Å². The van der Waals surface area contributed by atoms with Crippen molar-refractivity contribution < 1.29 is 14.5 Å². The molecular formula is C13H17N3O4. The highest BCUT2D eigenvalue weighted by Crippen LogP contribution is 2.28. The summed E-state index contributed by atoms with van der Waals surface area (Å²) in [6.45, 7) is 1.07. The van der Waals surface area contributed by atoms with Gasteiger partial charge in [0.05, 0.1) is 23.7 Å². The summed E-state index contributed by atoms with van der Waals surface area (Å²) < 4.78 is 5.10. The van der Waals surface area contributed by atoms with Crippen molar-refractivity contribution in [1.82, 2.24) is 4.90 Å². The number of amides is 1. The largest absolute Gasteiger partial charge is 0.496 e. The molecular weight excluding hydrogens is 262 g/mol. The predicted octanol–water partition coefficient (Wildman–Crippen LogP) is 1.17. The van der Waals surface area contributed by atoms with Gasteiger partial charge in [0.15, 0.2) is 0 Å². The Kier molecular flexibility index (Phi) is 4.19. The molecule has 0 bridgehead atoms. The molecule has 1 fully saturated rings. The van der Waals surface area contributed by atoms with Crippen molar-refractivity contribution in [3.8, 4) is 5.75 Å². The lowest BCUT2D eigenvalue weighted by Crippen LogP contribution is -2.40. The lowest BCUT2D eigenvalue weighted by molar-refractivity contribution is -0.384. The van der Waals surface area contributed by atoms with E-state index >= 15 is 0 Å². The number of carbonyl (C=O) groups excluding carboxylic acids is 1. The monoisotopic (exact) mass is 279 g/mol. The quantitative estimate of drug-likeness (QED) is 0.658. The summed E-state index contributed by atoms with van der Waals surface area (Å²) in [6, 6.07) is 4.04. The molecule has 1 aromatic rings. The van der Waals surface area contributed by atoms with Crippen LogP contribution in [0.4, 0.5) is 5.69 Å². The van der Waals surface area contributed by atoms with Crippen molar-refractivity contribution >= 4 is 11.6 Å². The lowest BCUT2D eigenvalue weighted by atomic mass is 10.1. The highest BCUT2D eigenvalue weighted by atomic mass is 16.6. The molecule has 7 heteroatoms. The summed E-state index contributed by atoms with van der Waals surface area (Å²) in [5.41, 5.74) is 5.89. The number of ether oxygens (including phenoxy) is 1. The number of nitrogens with two attached hydrogens (primary N) is 1. The zero-order chi connectivity index (χ0) is 14.7. The second-order valence-corrected chi connectivity index (χ2v) is 4.67. The van der Waals surface area contributed by atoms with Gasteiger partial charge in [-0.2, -0.15) is 0 Å². The molecule has 0 saturated carbocycles. The molecule has 7 nitrogen and oxygen atoms in total. The summed E-state index contributed by atoms with van der Waals surface area (Å²) in [4.78, 5) is 24.4. The van der Waals surface area contributed by atoms with Gasteiger partial charge in [0.2, 0.25) is 0 Å². The summed E-state index contributed by atoms with van der Waals surface area (Å²) in [6.07, 6.45) is 1.81. The second kappa shape index (κ2) is 5.87. The summed E-state index contributed by atoms with van der Waals surface area (Å²) in [7, 11) is 1.39. The third-order valence-electron chi connectivity index (χ3n) is 3.54. The van der Waals surface area contributed by atoms with Crippen LogP contribution in [-0.4, -0.2) is 42.0 Å². The number of nitrogens with zero attached hydrogens (tertiary/aromatic N) is 2. The number of carbonyl (C=O) groups is 1. The van der Waals surface area contributed by atoms with E-state index in [4.69, 9.17) is 10.5 Å². The van der Waals surface area contributed by atoms with Crippen molar-refractivity contribution in [2.45, 2.75) is 18.9 Å². The molecule has 1 aliphatic rings. The number of benzene rings is 1. The number of likely N-dealkylation sites (tertiary alicyclic amines) is 1. The molecule has 1 atom stereocenters. The minimum atomic E-state index is -0.519. The number of hydrogen-bond donors (Lipinski definition) is 1. The maximum atomic E-state index is 12.5. The van der Waals surface area contributed by atoms with Crippen LogP contribution < -0.4 is 10.5 Å². The molecule has 108 valence electrons. The molecule has 0 spiro atoms. The zero-order valence-corrected chi connectivity index (χ0v) is 11.2. The first kappa shape index (κ1) is 14.3. The molecule has 0 aliphatic carbocycles. The van der Waals surface area contributed by atoms with Gasteiger partial charge in [0.1, 0.15) is 5.75 Å². The van der Waals surface area contributed by atoms with Crippen LogP contribution in [0.2, 0.25) is 0 Å². The minimum Gasteiger partial charge on any atom is -0.496 e. The van der Waals surface area contributed by atoms with Crippen LogP contribution in [0.5, 0.6) is 5.75 Å². The van der Waals surface area contributed by atoms with E-state index in [0.717, 1.165) is 12.8 Å². The van der Waals surface area contributed by atoms with E-state index in [-0.39, 0.29) is 23.4 Å². The van der Waals surface area contributed by atoms with Crippen molar-refractivity contribution in [2.75, 3.05) is 20.2 Å². The number of rotatable bonds is 4. The number of methoxy groups -OCH3 is 1. The number of hydrogen-bond acceptors (Lipinski definition) is 5. The molecule has 1 aliphatic heterocycles. The maximum absolute atomic E-state index is 12.5. The van der Waals surface area contributed by atoms with Crippen LogP contribution in [-0.2, 0) is 0 Å². The number of non-ortho nitro benzene ring substituents is 1. The Bertz CT molecular complexity index is 532. The molecule has 1 heterocycles. The molecule has 2 rings (SSSR count). The Balaban J connectivity index is 2.32. The van der Waals surface area contributed by atoms with E-state index in [9.17, 15) is 14.9 Å².